The Morgan fingerprint density at radius 3 is 2.36 bits per heavy atom. The molecule has 25 heavy (non-hydrogen) atoms. The van der Waals surface area contributed by atoms with Crippen molar-refractivity contribution >= 4 is 35.0 Å². The Kier molecular flexibility index (Phi) is 4.75. The maximum absolute atomic E-state index is 14.8. The SMILES string of the molecule is COCOc1cc(B2OC(C)(C)C(C)(C)O2)c2c(F)c(Cl)ccc2c1. The van der Waals surface area contributed by atoms with Crippen molar-refractivity contribution in [2.45, 2.75) is 38.9 Å². The summed E-state index contributed by atoms with van der Waals surface area (Å²) in [6, 6.07) is 6.72. The molecule has 0 spiro atoms. The highest BCUT2D eigenvalue weighted by molar-refractivity contribution is 6.65. The average molecular weight is 367 g/mol. The number of rotatable bonds is 4. The first kappa shape index (κ1) is 18.5. The Morgan fingerprint density at radius 1 is 1.12 bits per heavy atom. The van der Waals surface area contributed by atoms with Gasteiger partial charge < -0.3 is 18.8 Å². The molecule has 1 aliphatic rings. The van der Waals surface area contributed by atoms with Gasteiger partial charge in [-0.1, -0.05) is 17.7 Å². The van der Waals surface area contributed by atoms with E-state index in [4.69, 9.17) is 30.4 Å². The van der Waals surface area contributed by atoms with Gasteiger partial charge in [0.1, 0.15) is 11.6 Å². The second-order valence-electron chi connectivity index (χ2n) is 7.11. The van der Waals surface area contributed by atoms with Gasteiger partial charge >= 0.3 is 7.12 Å². The van der Waals surface area contributed by atoms with E-state index in [1.807, 2.05) is 27.7 Å². The van der Waals surface area contributed by atoms with Crippen molar-refractivity contribution in [2.75, 3.05) is 13.9 Å². The fourth-order valence-corrected chi connectivity index (χ4v) is 2.92. The lowest BCUT2D eigenvalue weighted by Crippen LogP contribution is -2.41. The first-order chi connectivity index (χ1) is 11.7. The molecule has 2 aromatic rings. The maximum Gasteiger partial charge on any atom is 0.495 e. The molecule has 1 fully saturated rings. The summed E-state index contributed by atoms with van der Waals surface area (Å²) in [6.45, 7) is 7.88. The molecule has 1 heterocycles. The van der Waals surface area contributed by atoms with Gasteiger partial charge in [0.25, 0.3) is 0 Å². The van der Waals surface area contributed by atoms with Crippen molar-refractivity contribution in [3.63, 3.8) is 0 Å². The van der Waals surface area contributed by atoms with Crippen LogP contribution in [0.15, 0.2) is 24.3 Å². The summed E-state index contributed by atoms with van der Waals surface area (Å²) >= 11 is 5.99. The monoisotopic (exact) mass is 366 g/mol. The van der Waals surface area contributed by atoms with Crippen LogP contribution in [0, 0.1) is 5.82 Å². The number of hydrogen-bond acceptors (Lipinski definition) is 4. The number of benzene rings is 2. The fourth-order valence-electron chi connectivity index (χ4n) is 2.77. The lowest BCUT2D eigenvalue weighted by molar-refractivity contribution is 0.00578. The summed E-state index contributed by atoms with van der Waals surface area (Å²) in [4.78, 5) is 0. The van der Waals surface area contributed by atoms with Crippen LogP contribution in [-0.4, -0.2) is 32.2 Å². The molecule has 134 valence electrons. The summed E-state index contributed by atoms with van der Waals surface area (Å²) < 4.78 is 37.5. The third kappa shape index (κ3) is 3.24. The van der Waals surface area contributed by atoms with Crippen LogP contribution in [0.4, 0.5) is 4.39 Å². The predicted molar refractivity (Wildman–Crippen MR) is 97.1 cm³/mol. The van der Waals surface area contributed by atoms with Crippen LogP contribution in [0.25, 0.3) is 10.8 Å². The van der Waals surface area contributed by atoms with E-state index in [2.05, 4.69) is 0 Å². The van der Waals surface area contributed by atoms with Gasteiger partial charge in [0, 0.05) is 12.5 Å². The minimum atomic E-state index is -0.730. The van der Waals surface area contributed by atoms with Crippen LogP contribution >= 0.6 is 11.6 Å². The molecule has 0 bridgehead atoms. The van der Waals surface area contributed by atoms with Crippen LogP contribution in [0.2, 0.25) is 5.02 Å². The molecule has 0 unspecified atom stereocenters. The number of halogens is 2. The Labute approximate surface area is 152 Å². The number of methoxy groups -OCH3 is 1. The normalized spacial score (nSPS) is 18.8. The van der Waals surface area contributed by atoms with E-state index in [9.17, 15) is 4.39 Å². The average Bonchev–Trinajstić information content (AvgIpc) is 2.76. The van der Waals surface area contributed by atoms with E-state index >= 15 is 0 Å². The van der Waals surface area contributed by atoms with E-state index in [-0.39, 0.29) is 11.8 Å². The molecule has 0 N–H and O–H groups in total. The van der Waals surface area contributed by atoms with Gasteiger partial charge in [0.05, 0.1) is 16.2 Å². The first-order valence-electron chi connectivity index (χ1n) is 8.05. The van der Waals surface area contributed by atoms with Crippen LogP contribution < -0.4 is 10.2 Å². The zero-order valence-electron chi connectivity index (χ0n) is 15.0. The summed E-state index contributed by atoms with van der Waals surface area (Å²) in [6.07, 6.45) is 0. The van der Waals surface area contributed by atoms with Crippen molar-refractivity contribution in [3.8, 4) is 5.75 Å². The molecule has 1 saturated heterocycles. The van der Waals surface area contributed by atoms with E-state index in [0.29, 0.717) is 22.0 Å². The topological polar surface area (TPSA) is 36.9 Å². The van der Waals surface area contributed by atoms with E-state index in [1.165, 1.54) is 13.2 Å². The van der Waals surface area contributed by atoms with E-state index in [0.717, 1.165) is 0 Å². The smallest absolute Gasteiger partial charge is 0.468 e. The van der Waals surface area contributed by atoms with Crippen LogP contribution in [0.5, 0.6) is 5.75 Å². The molecule has 0 saturated carbocycles. The highest BCUT2D eigenvalue weighted by Gasteiger charge is 2.52. The summed E-state index contributed by atoms with van der Waals surface area (Å²) in [5.41, 5.74) is -0.535. The van der Waals surface area contributed by atoms with Crippen LogP contribution in [-0.2, 0) is 14.0 Å². The molecule has 0 amide bonds. The molecular weight excluding hydrogens is 345 g/mol. The Bertz CT molecular complexity index is 793. The van der Waals surface area contributed by atoms with Crippen LogP contribution in [0.1, 0.15) is 27.7 Å². The van der Waals surface area contributed by atoms with Crippen molar-refractivity contribution in [2.24, 2.45) is 0 Å². The van der Waals surface area contributed by atoms with Gasteiger partial charge in [0.15, 0.2) is 6.79 Å². The van der Waals surface area contributed by atoms with Crippen molar-refractivity contribution in [1.82, 2.24) is 0 Å². The molecule has 0 aromatic heterocycles. The Balaban J connectivity index is 2.16. The predicted octanol–water partition coefficient (Wildman–Crippen LogP) is 3.91. The second kappa shape index (κ2) is 6.43. The molecule has 0 radical (unpaired) electrons. The summed E-state index contributed by atoms with van der Waals surface area (Å²) in [7, 11) is 0.807. The highest BCUT2D eigenvalue weighted by atomic mass is 35.5. The van der Waals surface area contributed by atoms with Gasteiger partial charge in [-0.2, -0.15) is 0 Å². The molecule has 4 nitrogen and oxygen atoms in total. The molecule has 7 heteroatoms. The third-order valence-electron chi connectivity index (χ3n) is 4.86. The molecule has 0 aliphatic carbocycles. The number of fused-ring (bicyclic) bond motifs is 1. The Hall–Kier alpha value is -1.34. The van der Waals surface area contributed by atoms with E-state index < -0.39 is 24.1 Å². The van der Waals surface area contributed by atoms with Gasteiger partial charge in [-0.05, 0) is 56.7 Å². The van der Waals surface area contributed by atoms with Crippen molar-refractivity contribution in [3.05, 3.63) is 35.1 Å². The molecule has 3 rings (SSSR count). The van der Waals surface area contributed by atoms with Gasteiger partial charge in [0.2, 0.25) is 0 Å². The zero-order chi connectivity index (χ0) is 18.4. The number of hydrogen-bond donors (Lipinski definition) is 0. The van der Waals surface area contributed by atoms with Gasteiger partial charge in [-0.25, -0.2) is 4.39 Å². The largest absolute Gasteiger partial charge is 0.495 e. The van der Waals surface area contributed by atoms with Crippen molar-refractivity contribution < 1.29 is 23.2 Å². The molecule has 1 aliphatic heterocycles. The van der Waals surface area contributed by atoms with Crippen molar-refractivity contribution in [1.29, 1.82) is 0 Å². The lowest BCUT2D eigenvalue weighted by atomic mass is 9.75. The summed E-state index contributed by atoms with van der Waals surface area (Å²) in [5, 5.41) is 1.08. The molecular formula is C18H21BClFO4. The standard InChI is InChI=1S/C18H21BClFO4/c1-17(2)18(3,4)25-19(24-17)13-9-12(23-10-22-5)8-11-6-7-14(20)16(21)15(11)13/h6-9H,10H2,1-5H3. The minimum absolute atomic E-state index is 0.0517. The zero-order valence-corrected chi connectivity index (χ0v) is 15.7. The summed E-state index contributed by atoms with van der Waals surface area (Å²) in [5.74, 6) is 0.0444. The third-order valence-corrected chi connectivity index (χ3v) is 5.15. The number of ether oxygens (including phenoxy) is 2. The first-order valence-corrected chi connectivity index (χ1v) is 8.43. The highest BCUT2D eigenvalue weighted by Crippen LogP contribution is 2.38. The van der Waals surface area contributed by atoms with Gasteiger partial charge in [-0.15, -0.1) is 0 Å². The molecule has 2 aromatic carbocycles. The maximum atomic E-state index is 14.8. The lowest BCUT2D eigenvalue weighted by Gasteiger charge is -2.32. The van der Waals surface area contributed by atoms with E-state index in [1.54, 1.807) is 18.2 Å². The minimum Gasteiger partial charge on any atom is -0.468 e. The Morgan fingerprint density at radius 2 is 1.76 bits per heavy atom. The molecule has 0 atom stereocenters. The van der Waals surface area contributed by atoms with Crippen LogP contribution in [0.3, 0.4) is 0 Å². The fraction of sp³-hybridized carbons (Fsp3) is 0.444. The van der Waals surface area contributed by atoms with Gasteiger partial charge in [-0.3, -0.25) is 0 Å². The quantitative estimate of drug-likeness (QED) is 0.607. The second-order valence-corrected chi connectivity index (χ2v) is 7.52.